The molecule has 2 aromatic rings. The van der Waals surface area contributed by atoms with Gasteiger partial charge in [0.1, 0.15) is 5.52 Å². The molecular formula is C14H22N6. The van der Waals surface area contributed by atoms with Gasteiger partial charge in [-0.05, 0) is 25.7 Å². The first-order valence-corrected chi connectivity index (χ1v) is 7.43. The molecule has 2 heterocycles. The average molecular weight is 274 g/mol. The van der Waals surface area contributed by atoms with Crippen LogP contribution < -0.4 is 10.6 Å². The van der Waals surface area contributed by atoms with Gasteiger partial charge < -0.3 is 15.6 Å². The van der Waals surface area contributed by atoms with Crippen molar-refractivity contribution in [3.05, 3.63) is 6.33 Å². The fourth-order valence-electron chi connectivity index (χ4n) is 3.02. The predicted octanol–water partition coefficient (Wildman–Crippen LogP) is 2.78. The number of anilines is 2. The molecule has 0 saturated heterocycles. The van der Waals surface area contributed by atoms with Crippen LogP contribution in [0.4, 0.5) is 11.8 Å². The molecule has 0 spiro atoms. The third-order valence-electron chi connectivity index (χ3n) is 4.23. The molecule has 1 fully saturated rings. The fourth-order valence-corrected chi connectivity index (χ4v) is 3.02. The molecule has 0 radical (unpaired) electrons. The summed E-state index contributed by atoms with van der Waals surface area (Å²) in [5.41, 5.74) is 1.58. The van der Waals surface area contributed by atoms with Crippen molar-refractivity contribution >= 4 is 22.9 Å². The summed E-state index contributed by atoms with van der Waals surface area (Å²) >= 11 is 0. The van der Waals surface area contributed by atoms with Crippen LogP contribution in [0.3, 0.4) is 0 Å². The number of nitrogens with zero attached hydrogens (tertiary/aromatic N) is 3. The van der Waals surface area contributed by atoms with Gasteiger partial charge in [-0.2, -0.15) is 9.97 Å². The molecule has 6 nitrogen and oxygen atoms in total. The lowest BCUT2D eigenvalue weighted by Gasteiger charge is -2.28. The molecule has 3 N–H and O–H groups in total. The number of rotatable bonds is 4. The van der Waals surface area contributed by atoms with Gasteiger partial charge in [-0.1, -0.05) is 19.3 Å². The Morgan fingerprint density at radius 1 is 1.25 bits per heavy atom. The molecule has 3 rings (SSSR count). The minimum atomic E-state index is 0.418. The van der Waals surface area contributed by atoms with Crippen LogP contribution in [0.5, 0.6) is 0 Å². The Labute approximate surface area is 118 Å². The van der Waals surface area contributed by atoms with E-state index in [0.717, 1.165) is 17.3 Å². The second kappa shape index (κ2) is 5.64. The average Bonchev–Trinajstić information content (AvgIpc) is 2.96. The summed E-state index contributed by atoms with van der Waals surface area (Å²) in [7, 11) is 1.82. The van der Waals surface area contributed by atoms with E-state index in [1.54, 1.807) is 6.33 Å². The highest BCUT2D eigenvalue weighted by molar-refractivity contribution is 5.83. The van der Waals surface area contributed by atoms with Crippen molar-refractivity contribution in [1.82, 2.24) is 19.9 Å². The lowest BCUT2D eigenvalue weighted by Crippen LogP contribution is -2.28. The van der Waals surface area contributed by atoms with E-state index in [1.165, 1.54) is 32.1 Å². The fraction of sp³-hybridized carbons (Fsp3) is 0.643. The van der Waals surface area contributed by atoms with Gasteiger partial charge in [-0.15, -0.1) is 0 Å². The number of H-pyrrole nitrogens is 1. The van der Waals surface area contributed by atoms with E-state index in [9.17, 15) is 0 Å². The molecular weight excluding hydrogens is 252 g/mol. The minimum absolute atomic E-state index is 0.418. The molecule has 6 heteroatoms. The van der Waals surface area contributed by atoms with Gasteiger partial charge in [0.15, 0.2) is 11.5 Å². The maximum Gasteiger partial charge on any atom is 0.226 e. The highest BCUT2D eigenvalue weighted by atomic mass is 15.2. The highest BCUT2D eigenvalue weighted by Gasteiger charge is 2.21. The van der Waals surface area contributed by atoms with Gasteiger partial charge in [-0.3, -0.25) is 0 Å². The van der Waals surface area contributed by atoms with E-state index >= 15 is 0 Å². The monoisotopic (exact) mass is 274 g/mol. The summed E-state index contributed by atoms with van der Waals surface area (Å²) in [5.74, 6) is 2.17. The van der Waals surface area contributed by atoms with Gasteiger partial charge in [0.05, 0.1) is 6.33 Å². The van der Waals surface area contributed by atoms with Crippen molar-refractivity contribution in [3.8, 4) is 0 Å². The zero-order valence-electron chi connectivity index (χ0n) is 12.1. The Hall–Kier alpha value is -1.85. The van der Waals surface area contributed by atoms with Gasteiger partial charge in [0, 0.05) is 13.1 Å². The van der Waals surface area contributed by atoms with Crippen LogP contribution >= 0.6 is 0 Å². The number of hydrogen-bond donors (Lipinski definition) is 3. The van der Waals surface area contributed by atoms with E-state index in [-0.39, 0.29) is 0 Å². The molecule has 1 unspecified atom stereocenters. The third kappa shape index (κ3) is 2.55. The molecule has 0 bridgehead atoms. The summed E-state index contributed by atoms with van der Waals surface area (Å²) in [6.07, 6.45) is 8.36. The summed E-state index contributed by atoms with van der Waals surface area (Å²) in [5, 5.41) is 6.54. The molecule has 1 saturated carbocycles. The van der Waals surface area contributed by atoms with E-state index in [2.05, 4.69) is 37.5 Å². The lowest BCUT2D eigenvalue weighted by molar-refractivity contribution is 0.328. The van der Waals surface area contributed by atoms with Crippen molar-refractivity contribution in [2.24, 2.45) is 5.92 Å². The smallest absolute Gasteiger partial charge is 0.226 e. The van der Waals surface area contributed by atoms with E-state index in [1.807, 2.05) is 7.05 Å². The maximum atomic E-state index is 4.52. The van der Waals surface area contributed by atoms with Gasteiger partial charge >= 0.3 is 0 Å². The summed E-state index contributed by atoms with van der Waals surface area (Å²) < 4.78 is 0. The quantitative estimate of drug-likeness (QED) is 0.799. The van der Waals surface area contributed by atoms with Crippen molar-refractivity contribution < 1.29 is 0 Å². The molecule has 108 valence electrons. The minimum Gasteiger partial charge on any atom is -0.365 e. The van der Waals surface area contributed by atoms with Crippen LogP contribution in [0.15, 0.2) is 6.33 Å². The molecule has 20 heavy (non-hydrogen) atoms. The third-order valence-corrected chi connectivity index (χ3v) is 4.23. The molecule has 1 aliphatic carbocycles. The Kier molecular flexibility index (Phi) is 3.71. The number of aromatic nitrogens is 4. The maximum absolute atomic E-state index is 4.52. The molecule has 1 aliphatic rings. The summed E-state index contributed by atoms with van der Waals surface area (Å²) in [4.78, 5) is 16.2. The van der Waals surface area contributed by atoms with Gasteiger partial charge in [0.2, 0.25) is 5.95 Å². The van der Waals surface area contributed by atoms with E-state index in [4.69, 9.17) is 0 Å². The van der Waals surface area contributed by atoms with Gasteiger partial charge in [0.25, 0.3) is 0 Å². The van der Waals surface area contributed by atoms with Crippen molar-refractivity contribution in [2.75, 3.05) is 17.7 Å². The molecule has 0 aromatic carbocycles. The van der Waals surface area contributed by atoms with Crippen LogP contribution in [0.1, 0.15) is 39.0 Å². The van der Waals surface area contributed by atoms with E-state index in [0.29, 0.717) is 17.6 Å². The largest absolute Gasteiger partial charge is 0.365 e. The standard InChI is InChI=1S/C14H22N6/c1-9(10-6-4-3-5-7-10)18-13-11-12(17-8-16-11)19-14(15-2)20-13/h8-10H,3-7H2,1-2H3,(H3,15,16,17,18,19,20). The first kappa shape index (κ1) is 13.1. The second-order valence-electron chi connectivity index (χ2n) is 5.58. The first-order chi connectivity index (χ1) is 9.78. The SMILES string of the molecule is CNc1nc(NC(C)C2CCCCC2)c2[nH]cnc2n1. The van der Waals surface area contributed by atoms with Crippen LogP contribution in [0.2, 0.25) is 0 Å². The number of imidazole rings is 1. The summed E-state index contributed by atoms with van der Waals surface area (Å²) in [6, 6.07) is 0.418. The molecule has 2 aromatic heterocycles. The van der Waals surface area contributed by atoms with Crippen molar-refractivity contribution in [3.63, 3.8) is 0 Å². The van der Waals surface area contributed by atoms with Crippen molar-refractivity contribution in [2.45, 2.75) is 45.1 Å². The second-order valence-corrected chi connectivity index (χ2v) is 5.58. The van der Waals surface area contributed by atoms with E-state index < -0.39 is 0 Å². The Morgan fingerprint density at radius 2 is 2.05 bits per heavy atom. The first-order valence-electron chi connectivity index (χ1n) is 7.43. The van der Waals surface area contributed by atoms with Crippen LogP contribution in [0, 0.1) is 5.92 Å². The Morgan fingerprint density at radius 3 is 2.80 bits per heavy atom. The number of nitrogens with one attached hydrogen (secondary N) is 3. The Bertz CT molecular complexity index is 572. The Balaban J connectivity index is 1.83. The number of fused-ring (bicyclic) bond motifs is 1. The van der Waals surface area contributed by atoms with Gasteiger partial charge in [-0.25, -0.2) is 4.98 Å². The molecule has 0 amide bonds. The zero-order chi connectivity index (χ0) is 13.9. The van der Waals surface area contributed by atoms with Crippen LogP contribution in [-0.2, 0) is 0 Å². The highest BCUT2D eigenvalue weighted by Crippen LogP contribution is 2.29. The van der Waals surface area contributed by atoms with Crippen LogP contribution in [-0.4, -0.2) is 33.0 Å². The van der Waals surface area contributed by atoms with Crippen LogP contribution in [0.25, 0.3) is 11.2 Å². The molecule has 0 aliphatic heterocycles. The molecule has 1 atom stereocenters. The zero-order valence-corrected chi connectivity index (χ0v) is 12.1. The topological polar surface area (TPSA) is 78.5 Å². The normalized spacial score (nSPS) is 18.1. The number of aromatic amines is 1. The summed E-state index contributed by atoms with van der Waals surface area (Å²) in [6.45, 7) is 2.25. The predicted molar refractivity (Wildman–Crippen MR) is 80.9 cm³/mol. The lowest BCUT2D eigenvalue weighted by atomic mass is 9.84. The van der Waals surface area contributed by atoms with Crippen molar-refractivity contribution in [1.29, 1.82) is 0 Å². The number of hydrogen-bond acceptors (Lipinski definition) is 5.